The quantitative estimate of drug-likeness (QED) is 0.386. The van der Waals surface area contributed by atoms with Crippen molar-refractivity contribution in [3.63, 3.8) is 0 Å². The van der Waals surface area contributed by atoms with Crippen LogP contribution in [0.4, 0.5) is 27.9 Å². The van der Waals surface area contributed by atoms with E-state index in [1.54, 1.807) is 11.0 Å². The average Bonchev–Trinajstić information content (AvgIpc) is 3.48. The largest absolute Gasteiger partial charge is 0.479 e. The summed E-state index contributed by atoms with van der Waals surface area (Å²) in [6, 6.07) is 2.50. The van der Waals surface area contributed by atoms with Gasteiger partial charge in [-0.25, -0.2) is 18.0 Å². The van der Waals surface area contributed by atoms with Crippen molar-refractivity contribution >= 4 is 22.5 Å². The van der Waals surface area contributed by atoms with Crippen molar-refractivity contribution in [3.8, 4) is 17.0 Å². The molecule has 0 aliphatic carbocycles. The first-order valence-corrected chi connectivity index (χ1v) is 11.8. The van der Waals surface area contributed by atoms with E-state index < -0.39 is 30.6 Å². The highest BCUT2D eigenvalue weighted by Gasteiger charge is 2.52. The fourth-order valence-electron chi connectivity index (χ4n) is 5.16. The zero-order valence-corrected chi connectivity index (χ0v) is 20.3. The van der Waals surface area contributed by atoms with Crippen molar-refractivity contribution in [2.45, 2.75) is 37.0 Å². The Kier molecular flexibility index (Phi) is 5.51. The number of methoxy groups -OCH3 is 1. The molecule has 2 N–H and O–H groups in total. The highest BCUT2D eigenvalue weighted by Crippen LogP contribution is 2.48. The molecule has 0 amide bonds. The van der Waals surface area contributed by atoms with Gasteiger partial charge in [0.15, 0.2) is 0 Å². The SMILES string of the molecule is COc1nc(N)nn2cc([C@@H]3CN(C4COC4)CC3(F)F)c(-c3ccc4nnn([C@H](C)C(F)(F)F)c4c3)c12. The first-order valence-electron chi connectivity index (χ1n) is 11.8. The molecule has 15 heteroatoms. The summed E-state index contributed by atoms with van der Waals surface area (Å²) in [7, 11) is 1.36. The van der Waals surface area contributed by atoms with Crippen LogP contribution in [0.5, 0.6) is 5.88 Å². The maximum Gasteiger partial charge on any atom is 0.410 e. The number of halogens is 5. The molecule has 4 aromatic rings. The lowest BCUT2D eigenvalue weighted by Gasteiger charge is -2.34. The van der Waals surface area contributed by atoms with Gasteiger partial charge < -0.3 is 15.2 Å². The highest BCUT2D eigenvalue weighted by atomic mass is 19.4. The second-order valence-electron chi connectivity index (χ2n) is 9.62. The topological polar surface area (TPSA) is 109 Å². The Hall–Kier alpha value is -3.59. The number of aromatic nitrogens is 6. The van der Waals surface area contributed by atoms with E-state index in [2.05, 4.69) is 20.4 Å². The second-order valence-corrected chi connectivity index (χ2v) is 9.62. The Morgan fingerprint density at radius 3 is 2.66 bits per heavy atom. The summed E-state index contributed by atoms with van der Waals surface area (Å²) < 4.78 is 84.3. The number of nitrogens with two attached hydrogens (primary N) is 1. The van der Waals surface area contributed by atoms with Crippen LogP contribution in [0.3, 0.4) is 0 Å². The van der Waals surface area contributed by atoms with Crippen LogP contribution < -0.4 is 10.5 Å². The number of fused-ring (bicyclic) bond motifs is 2. The van der Waals surface area contributed by atoms with Crippen LogP contribution in [0.25, 0.3) is 27.7 Å². The molecule has 10 nitrogen and oxygen atoms in total. The predicted molar refractivity (Wildman–Crippen MR) is 125 cm³/mol. The molecule has 2 aliphatic heterocycles. The van der Waals surface area contributed by atoms with Crippen LogP contribution in [0, 0.1) is 0 Å². The van der Waals surface area contributed by atoms with Crippen LogP contribution in [0.2, 0.25) is 0 Å². The Balaban J connectivity index is 1.57. The van der Waals surface area contributed by atoms with Gasteiger partial charge >= 0.3 is 6.18 Å². The Labute approximate surface area is 212 Å². The predicted octanol–water partition coefficient (Wildman–Crippen LogP) is 3.29. The monoisotopic (exact) mass is 538 g/mol. The van der Waals surface area contributed by atoms with Crippen LogP contribution in [0.1, 0.15) is 24.4 Å². The molecule has 0 spiro atoms. The van der Waals surface area contributed by atoms with Crippen molar-refractivity contribution in [1.82, 2.24) is 34.5 Å². The van der Waals surface area contributed by atoms with Gasteiger partial charge in [0, 0.05) is 18.3 Å². The minimum absolute atomic E-state index is 0.0414. The van der Waals surface area contributed by atoms with Crippen molar-refractivity contribution < 1.29 is 31.4 Å². The molecule has 2 atom stereocenters. The standard InChI is InChI=1S/C23H23F5N8O2/c1-11(23(26,27)28)36-17-5-12(3-4-16(17)31-33-36)18-14(6-35-19(18)20(37-2)30-21(29)32-35)15-7-34(10-22(15,24)25)13-8-38-9-13/h3-6,11,13,15H,7-10H2,1-2H3,(H2,29,32)/t11-,15+/m1/s1. The van der Waals surface area contributed by atoms with E-state index in [9.17, 15) is 13.2 Å². The lowest BCUT2D eigenvalue weighted by Crippen LogP contribution is -2.48. The van der Waals surface area contributed by atoms with Gasteiger partial charge in [0.1, 0.15) is 17.1 Å². The van der Waals surface area contributed by atoms with Crippen molar-refractivity contribution in [3.05, 3.63) is 30.0 Å². The first-order chi connectivity index (χ1) is 18.0. The molecule has 3 aromatic heterocycles. The molecule has 2 aliphatic rings. The summed E-state index contributed by atoms with van der Waals surface area (Å²) in [6.07, 6.45) is -3.11. The fourth-order valence-corrected chi connectivity index (χ4v) is 5.16. The Morgan fingerprint density at radius 1 is 1.24 bits per heavy atom. The second kappa shape index (κ2) is 8.46. The normalized spacial score (nSPS) is 21.3. The van der Waals surface area contributed by atoms with Gasteiger partial charge in [0.05, 0.1) is 44.3 Å². The smallest absolute Gasteiger partial charge is 0.410 e. The van der Waals surface area contributed by atoms with E-state index >= 15 is 8.78 Å². The third kappa shape index (κ3) is 3.83. The summed E-state index contributed by atoms with van der Waals surface area (Å²) in [4.78, 5) is 5.81. The minimum atomic E-state index is -4.57. The minimum Gasteiger partial charge on any atom is -0.479 e. The van der Waals surface area contributed by atoms with Crippen LogP contribution in [-0.4, -0.2) is 86.0 Å². The lowest BCUT2D eigenvalue weighted by molar-refractivity contribution is -0.164. The Morgan fingerprint density at radius 2 is 2.00 bits per heavy atom. The molecule has 38 heavy (non-hydrogen) atoms. The van der Waals surface area contributed by atoms with Gasteiger partial charge in [0.25, 0.3) is 5.92 Å². The van der Waals surface area contributed by atoms with Crippen LogP contribution in [-0.2, 0) is 4.74 Å². The maximum atomic E-state index is 15.5. The van der Waals surface area contributed by atoms with Crippen molar-refractivity contribution in [2.24, 2.45) is 0 Å². The summed E-state index contributed by atoms with van der Waals surface area (Å²) in [5, 5.41) is 11.7. The summed E-state index contributed by atoms with van der Waals surface area (Å²) in [6.45, 7) is 1.35. The van der Waals surface area contributed by atoms with E-state index in [0.29, 0.717) is 24.3 Å². The molecule has 0 saturated carbocycles. The molecular formula is C23H23F5N8O2. The maximum absolute atomic E-state index is 15.5. The van der Waals surface area contributed by atoms with Gasteiger partial charge in [-0.2, -0.15) is 18.2 Å². The average molecular weight is 538 g/mol. The number of nitrogen functional groups attached to an aromatic ring is 1. The van der Waals surface area contributed by atoms with Gasteiger partial charge in [-0.15, -0.1) is 10.2 Å². The summed E-state index contributed by atoms with van der Waals surface area (Å²) in [5.41, 5.74) is 7.34. The molecule has 0 unspecified atom stereocenters. The van der Waals surface area contributed by atoms with Gasteiger partial charge in [-0.3, -0.25) is 4.90 Å². The lowest BCUT2D eigenvalue weighted by atomic mass is 9.90. The fraction of sp³-hybridized carbons (Fsp3) is 0.478. The number of benzene rings is 1. The number of hydrogen-bond acceptors (Lipinski definition) is 8. The molecule has 1 aromatic carbocycles. The number of rotatable bonds is 5. The molecule has 5 heterocycles. The van der Waals surface area contributed by atoms with E-state index in [-0.39, 0.29) is 46.5 Å². The summed E-state index contributed by atoms with van der Waals surface area (Å²) in [5.74, 6) is -4.43. The third-order valence-electron chi connectivity index (χ3n) is 7.29. The first kappa shape index (κ1) is 24.7. The number of anilines is 1. The third-order valence-corrected chi connectivity index (χ3v) is 7.29. The highest BCUT2D eigenvalue weighted by molar-refractivity contribution is 5.92. The molecule has 0 bridgehead atoms. The molecule has 2 fully saturated rings. The van der Waals surface area contributed by atoms with Gasteiger partial charge in [-0.05, 0) is 30.2 Å². The Bertz CT molecular complexity index is 1530. The molecule has 202 valence electrons. The number of nitrogens with zero attached hydrogens (tertiary/aromatic N) is 7. The van der Waals surface area contributed by atoms with E-state index in [1.165, 1.54) is 30.0 Å². The summed E-state index contributed by atoms with van der Waals surface area (Å²) >= 11 is 0. The number of ether oxygens (including phenoxy) is 2. The zero-order valence-electron chi connectivity index (χ0n) is 20.3. The van der Waals surface area contributed by atoms with Gasteiger partial charge in [0.2, 0.25) is 11.8 Å². The van der Waals surface area contributed by atoms with Crippen molar-refractivity contribution in [1.29, 1.82) is 0 Å². The number of alkyl halides is 5. The van der Waals surface area contributed by atoms with E-state index in [4.69, 9.17) is 15.2 Å². The van der Waals surface area contributed by atoms with Crippen molar-refractivity contribution in [2.75, 3.05) is 39.1 Å². The zero-order chi connectivity index (χ0) is 27.0. The van der Waals surface area contributed by atoms with E-state index in [0.717, 1.165) is 11.6 Å². The van der Waals surface area contributed by atoms with Gasteiger partial charge in [-0.1, -0.05) is 11.3 Å². The van der Waals surface area contributed by atoms with Crippen LogP contribution in [0.15, 0.2) is 24.4 Å². The van der Waals surface area contributed by atoms with Crippen LogP contribution >= 0.6 is 0 Å². The number of likely N-dealkylation sites (tertiary alicyclic amines) is 1. The van der Waals surface area contributed by atoms with E-state index in [1.807, 2.05) is 0 Å². The molecular weight excluding hydrogens is 515 g/mol. The molecule has 6 rings (SSSR count). The molecule has 2 saturated heterocycles. The molecule has 0 radical (unpaired) electrons. The number of hydrogen-bond donors (Lipinski definition) is 1.